The molecule has 0 saturated carbocycles. The zero-order valence-corrected chi connectivity index (χ0v) is 75.7. The summed E-state index contributed by atoms with van der Waals surface area (Å²) in [6.07, 6.45) is 15.5. The Hall–Kier alpha value is -18.0. The Balaban J connectivity index is 0.0000000829. The van der Waals surface area contributed by atoms with Crippen LogP contribution in [0.3, 0.4) is 0 Å². The Kier molecular flexibility index (Phi) is 15.0. The highest BCUT2D eigenvalue weighted by atomic mass is 15.1. The molecule has 8 aliphatic carbocycles. The minimum atomic E-state index is 0.963. The van der Waals surface area contributed by atoms with E-state index in [9.17, 15) is 0 Å². The lowest BCUT2D eigenvalue weighted by Crippen LogP contribution is -1.95. The Labute approximate surface area is 799 Å². The fraction of sp³-hybridized carbons (Fsp3) is 0.0625. The first-order valence-electron chi connectivity index (χ1n) is 48.8. The van der Waals surface area contributed by atoms with Crippen LogP contribution in [0.25, 0.3) is 243 Å². The maximum absolute atomic E-state index is 5.18. The van der Waals surface area contributed by atoms with Crippen LogP contribution in [-0.4, -0.2) is 57.5 Å². The SMILES string of the molecule is c1ccc2c(c1)Cc1cc3c(cc1-2)-c1cc2c(cc1C3)c1cccnc1n1c3ccccc3nc21.c1ccc2c(c1)Cc1cc3c(cc1-2)Cc1ccc2c4cccnc4n4c5ccccc5nc4c2c1-3.c1ccc2c(c1)Cc1ccc3c(c1-2)-c1cc2c(cc1C3)c1cccnc1n1c3ccccc3nc21.c1ccc2c(c1)Cc1ccc3c(c1-2)Cc1ccc2c4cccnc4n4c5ccccc5nc4c2c1-3. The number of pyridine rings is 8. The first-order valence-corrected chi connectivity index (χ1v) is 48.8. The highest BCUT2D eigenvalue weighted by molar-refractivity contribution is 6.23. The van der Waals surface area contributed by atoms with Crippen molar-refractivity contribution in [2.45, 2.75) is 51.4 Å². The molecule has 12 heteroatoms. The summed E-state index contributed by atoms with van der Waals surface area (Å²) in [5.41, 5.74) is 61.3. The van der Waals surface area contributed by atoms with E-state index in [-0.39, 0.29) is 0 Å². The van der Waals surface area contributed by atoms with Crippen molar-refractivity contribution in [3.05, 3.63) is 454 Å². The molecule has 12 aromatic heterocycles. The number of para-hydroxylation sites is 8. The number of hydrogen-bond donors (Lipinski definition) is 0. The normalized spacial score (nSPS) is 13.5. The summed E-state index contributed by atoms with van der Waals surface area (Å²) in [7, 11) is 0. The van der Waals surface area contributed by atoms with Crippen LogP contribution < -0.4 is 0 Å². The van der Waals surface area contributed by atoms with E-state index in [1.807, 2.05) is 49.1 Å². The summed E-state index contributed by atoms with van der Waals surface area (Å²) in [5, 5.41) is 14.5. The molecule has 140 heavy (non-hydrogen) atoms. The smallest absolute Gasteiger partial charge is 0.148 e. The Bertz CT molecular complexity index is 10700. The third kappa shape index (κ3) is 10.3. The van der Waals surface area contributed by atoms with E-state index in [2.05, 4.69) is 333 Å². The van der Waals surface area contributed by atoms with Gasteiger partial charge in [0.15, 0.2) is 0 Å². The first-order chi connectivity index (χ1) is 69.4. The molecular formula is C128H76N12. The average Bonchev–Trinajstić information content (AvgIpc) is 1.49. The highest BCUT2D eigenvalue weighted by Crippen LogP contribution is 2.57. The molecule has 36 rings (SSSR count). The number of imidazole rings is 4. The molecule has 0 saturated heterocycles. The molecule has 0 radical (unpaired) electrons. The summed E-state index contributed by atoms with van der Waals surface area (Å²) < 4.78 is 8.98. The van der Waals surface area contributed by atoms with Gasteiger partial charge in [-0.25, -0.2) is 39.9 Å². The summed E-state index contributed by atoms with van der Waals surface area (Å²) in [5.74, 6) is 0. The molecule has 28 aromatic rings. The summed E-state index contributed by atoms with van der Waals surface area (Å²) in [4.78, 5) is 39.8. The van der Waals surface area contributed by atoms with Crippen molar-refractivity contribution < 1.29 is 0 Å². The zero-order valence-electron chi connectivity index (χ0n) is 75.7. The monoisotopic (exact) mass is 1780 g/mol. The van der Waals surface area contributed by atoms with Crippen LogP contribution in [0.5, 0.6) is 0 Å². The Morgan fingerprint density at radius 1 is 0.157 bits per heavy atom. The summed E-state index contributed by atoms with van der Waals surface area (Å²) in [6, 6.07) is 124. The second-order valence-electron chi connectivity index (χ2n) is 39.3. The minimum Gasteiger partial charge on any atom is -0.276 e. The number of nitrogens with zero attached hydrogens (tertiary/aromatic N) is 12. The van der Waals surface area contributed by atoms with Crippen LogP contribution in [0.2, 0.25) is 0 Å². The van der Waals surface area contributed by atoms with Crippen molar-refractivity contribution in [1.82, 2.24) is 57.5 Å². The molecule has 0 amide bonds. The number of benzene rings is 16. The fourth-order valence-corrected chi connectivity index (χ4v) is 26.3. The topological polar surface area (TPSA) is 121 Å². The van der Waals surface area contributed by atoms with Crippen molar-refractivity contribution in [3.8, 4) is 89.0 Å². The molecule has 0 aliphatic heterocycles. The number of aromatic nitrogens is 12. The van der Waals surface area contributed by atoms with Gasteiger partial charge in [-0.2, -0.15) is 0 Å². The lowest BCUT2D eigenvalue weighted by atomic mass is 9.92. The zero-order chi connectivity index (χ0) is 90.7. The van der Waals surface area contributed by atoms with E-state index in [4.69, 9.17) is 39.9 Å². The molecular weight excluding hydrogens is 1710 g/mol. The molecule has 0 unspecified atom stereocenters. The Morgan fingerprint density at radius 3 is 0.979 bits per heavy atom. The molecule has 0 bridgehead atoms. The third-order valence-corrected chi connectivity index (χ3v) is 32.2. The second kappa shape index (κ2) is 27.9. The van der Waals surface area contributed by atoms with Crippen molar-refractivity contribution in [1.29, 1.82) is 0 Å². The number of hydrogen-bond acceptors (Lipinski definition) is 8. The van der Waals surface area contributed by atoms with Gasteiger partial charge in [-0.3, -0.25) is 17.6 Å². The van der Waals surface area contributed by atoms with Crippen molar-refractivity contribution in [2.24, 2.45) is 0 Å². The van der Waals surface area contributed by atoms with Crippen LogP contribution in [0.4, 0.5) is 0 Å². The van der Waals surface area contributed by atoms with E-state index in [0.717, 1.165) is 141 Å². The van der Waals surface area contributed by atoms with Crippen LogP contribution in [-0.2, 0) is 51.4 Å². The minimum absolute atomic E-state index is 0.963. The fourth-order valence-electron chi connectivity index (χ4n) is 26.3. The predicted octanol–water partition coefficient (Wildman–Crippen LogP) is 29.3. The van der Waals surface area contributed by atoms with Gasteiger partial charge >= 0.3 is 0 Å². The third-order valence-electron chi connectivity index (χ3n) is 32.2. The predicted molar refractivity (Wildman–Crippen MR) is 568 cm³/mol. The second-order valence-corrected chi connectivity index (χ2v) is 39.3. The van der Waals surface area contributed by atoms with E-state index >= 15 is 0 Å². The van der Waals surface area contributed by atoms with E-state index in [0.29, 0.717) is 0 Å². The van der Waals surface area contributed by atoms with Gasteiger partial charge in [-0.15, -0.1) is 0 Å². The van der Waals surface area contributed by atoms with Crippen LogP contribution in [0.1, 0.15) is 89.0 Å². The molecule has 16 aromatic carbocycles. The van der Waals surface area contributed by atoms with Gasteiger partial charge in [0.25, 0.3) is 0 Å². The molecule has 12 nitrogen and oxygen atoms in total. The van der Waals surface area contributed by atoms with E-state index in [1.165, 1.54) is 243 Å². The summed E-state index contributed by atoms with van der Waals surface area (Å²) in [6.45, 7) is 0. The lowest BCUT2D eigenvalue weighted by Gasteiger charge is -2.13. The molecule has 0 N–H and O–H groups in total. The molecule has 648 valence electrons. The highest BCUT2D eigenvalue weighted by Gasteiger charge is 2.37. The van der Waals surface area contributed by atoms with Gasteiger partial charge in [-0.05, 0) is 390 Å². The molecule has 0 spiro atoms. The number of fused-ring (bicyclic) bond motifs is 60. The van der Waals surface area contributed by atoms with Crippen LogP contribution in [0.15, 0.2) is 365 Å². The van der Waals surface area contributed by atoms with Gasteiger partial charge in [0.2, 0.25) is 0 Å². The quantitative estimate of drug-likeness (QED) is 0.138. The number of rotatable bonds is 0. The lowest BCUT2D eigenvalue weighted by molar-refractivity contribution is 1.21. The van der Waals surface area contributed by atoms with Gasteiger partial charge in [0, 0.05) is 67.9 Å². The Morgan fingerprint density at radius 2 is 0.464 bits per heavy atom. The maximum Gasteiger partial charge on any atom is 0.148 e. The molecule has 0 atom stereocenters. The van der Waals surface area contributed by atoms with Gasteiger partial charge in [0.1, 0.15) is 45.2 Å². The molecule has 0 fully saturated rings. The average molecular weight is 1780 g/mol. The van der Waals surface area contributed by atoms with Gasteiger partial charge in [-0.1, -0.05) is 200 Å². The van der Waals surface area contributed by atoms with Crippen LogP contribution >= 0.6 is 0 Å². The van der Waals surface area contributed by atoms with E-state index < -0.39 is 0 Å². The largest absolute Gasteiger partial charge is 0.276 e. The molecule has 8 aliphatic rings. The standard InChI is InChI=1S/4C32H19N3/c1-2-7-21-18(6-1)16-19-11-14-23-25(28(19)21)17-20-12-13-22-24-8-5-15-33-31(24)35-27-10-4-3-9-26(27)34-32(35)30(22)29(20)23;1-2-7-22-18(6-1)14-20-17-26-21(16-25(20)22)15-19-11-12-23-24-8-5-13-33-31(24)35-28-10-4-3-9-27(28)34-32(35)30(23)29(19)26;1-2-7-22-18(6-1)14-19-11-12-20-15-21-16-25-23-8-5-13-33-31(23)35-28-10-4-3-9-27(28)34-32(35)26(25)17-24(21)30(20)29(19)22;1-2-7-22-18(6-1)12-19-13-20-14-21-15-27-23-8-5-11-33-31(23)35-30-10-4-3-9-29(30)34-32(35)28(27)17-26(21)25(20)16-24(19)22/h1-15H,16-17H2;2*1-13,16-17H,14-15H2;1-11,13,15-17H,12,14H2. The van der Waals surface area contributed by atoms with E-state index in [1.54, 1.807) is 0 Å². The van der Waals surface area contributed by atoms with Crippen molar-refractivity contribution in [2.75, 3.05) is 0 Å². The summed E-state index contributed by atoms with van der Waals surface area (Å²) >= 11 is 0. The maximum atomic E-state index is 5.18. The van der Waals surface area contributed by atoms with Gasteiger partial charge < -0.3 is 0 Å². The van der Waals surface area contributed by atoms with Gasteiger partial charge in [0.05, 0.1) is 44.1 Å². The van der Waals surface area contributed by atoms with Crippen molar-refractivity contribution >= 4 is 154 Å². The van der Waals surface area contributed by atoms with Crippen LogP contribution in [0, 0.1) is 0 Å². The molecule has 12 heterocycles. The first kappa shape index (κ1) is 75.3. The van der Waals surface area contributed by atoms with Crippen molar-refractivity contribution in [3.63, 3.8) is 0 Å².